The maximum atomic E-state index is 13.4. The lowest BCUT2D eigenvalue weighted by atomic mass is 10.2. The van der Waals surface area contributed by atoms with E-state index in [-0.39, 0.29) is 30.9 Å². The number of nitrogens with one attached hydrogen (secondary N) is 1. The summed E-state index contributed by atoms with van der Waals surface area (Å²) in [5.41, 5.74) is 0.675. The van der Waals surface area contributed by atoms with Crippen molar-refractivity contribution in [3.63, 3.8) is 0 Å². The zero-order chi connectivity index (χ0) is 23.9. The number of para-hydroxylation sites is 1. The molecule has 4 heterocycles. The summed E-state index contributed by atoms with van der Waals surface area (Å²) in [4.78, 5) is 48.0. The highest BCUT2D eigenvalue weighted by atomic mass is 32.1. The van der Waals surface area contributed by atoms with Gasteiger partial charge in [-0.15, -0.1) is 0 Å². The maximum Gasteiger partial charge on any atom is 0.332 e. The van der Waals surface area contributed by atoms with Crippen molar-refractivity contribution >= 4 is 43.6 Å². The molecule has 5 aromatic rings. The number of pyridine rings is 1. The van der Waals surface area contributed by atoms with Crippen LogP contribution in [-0.4, -0.2) is 31.8 Å². The lowest BCUT2D eigenvalue weighted by molar-refractivity contribution is -0.116. The normalized spacial score (nSPS) is 12.3. The molecule has 0 atom stereocenters. The van der Waals surface area contributed by atoms with Crippen molar-refractivity contribution in [2.24, 2.45) is 0 Å². The van der Waals surface area contributed by atoms with Crippen molar-refractivity contribution in [1.82, 2.24) is 19.1 Å². The van der Waals surface area contributed by atoms with Gasteiger partial charge in [-0.05, 0) is 42.0 Å². The molecule has 1 aliphatic heterocycles. The van der Waals surface area contributed by atoms with Crippen LogP contribution in [0.15, 0.2) is 70.4 Å². The quantitative estimate of drug-likeness (QED) is 0.405. The number of carbonyl (C=O) groups excluding carboxylic acids is 1. The molecular weight excluding hydrogens is 470 g/mol. The van der Waals surface area contributed by atoms with Crippen molar-refractivity contribution in [2.75, 3.05) is 12.1 Å². The summed E-state index contributed by atoms with van der Waals surface area (Å²) >= 11 is 1.34. The van der Waals surface area contributed by atoms with E-state index in [0.29, 0.717) is 22.2 Å². The van der Waals surface area contributed by atoms with Crippen LogP contribution in [0.4, 0.5) is 5.13 Å². The molecule has 35 heavy (non-hydrogen) atoms. The molecule has 0 radical (unpaired) electrons. The lowest BCUT2D eigenvalue weighted by Gasteiger charge is -2.13. The molecule has 0 unspecified atom stereocenters. The Kier molecular flexibility index (Phi) is 5.03. The topological polar surface area (TPSA) is 117 Å². The molecule has 11 heteroatoms. The third-order valence-electron chi connectivity index (χ3n) is 5.61. The zero-order valence-electron chi connectivity index (χ0n) is 18.1. The van der Waals surface area contributed by atoms with Crippen LogP contribution in [0.5, 0.6) is 11.5 Å². The van der Waals surface area contributed by atoms with Crippen LogP contribution >= 0.6 is 11.3 Å². The molecule has 0 saturated heterocycles. The predicted octanol–water partition coefficient (Wildman–Crippen LogP) is 2.58. The molecule has 174 valence electrons. The van der Waals surface area contributed by atoms with Gasteiger partial charge in [0.2, 0.25) is 12.7 Å². The summed E-state index contributed by atoms with van der Waals surface area (Å²) in [5.74, 6) is 0.708. The molecule has 2 aromatic carbocycles. The van der Waals surface area contributed by atoms with Crippen molar-refractivity contribution in [1.29, 1.82) is 0 Å². The molecule has 0 saturated carbocycles. The largest absolute Gasteiger partial charge is 0.454 e. The molecule has 1 amide bonds. The second kappa shape index (κ2) is 8.37. The number of ether oxygens (including phenoxy) is 2. The van der Waals surface area contributed by atoms with Crippen molar-refractivity contribution < 1.29 is 14.3 Å². The number of benzene rings is 2. The fraction of sp³-hybridized carbons (Fsp3) is 0.125. The molecule has 1 aliphatic rings. The molecule has 1 N–H and O–H groups in total. The van der Waals surface area contributed by atoms with E-state index in [4.69, 9.17) is 9.47 Å². The van der Waals surface area contributed by atoms with Gasteiger partial charge < -0.3 is 14.8 Å². The van der Waals surface area contributed by atoms with E-state index in [1.807, 2.05) is 24.3 Å². The number of aromatic nitrogens is 4. The van der Waals surface area contributed by atoms with Gasteiger partial charge in [-0.2, -0.15) is 0 Å². The number of nitrogens with zero attached hydrogens (tertiary/aromatic N) is 4. The fourth-order valence-electron chi connectivity index (χ4n) is 3.99. The molecule has 0 bridgehead atoms. The molecule has 0 aliphatic carbocycles. The third kappa shape index (κ3) is 3.81. The van der Waals surface area contributed by atoms with Crippen molar-refractivity contribution in [3.8, 4) is 11.5 Å². The molecule has 3 aromatic heterocycles. The summed E-state index contributed by atoms with van der Waals surface area (Å²) in [6.45, 7) is -0.201. The van der Waals surface area contributed by atoms with Gasteiger partial charge in [-0.3, -0.25) is 18.7 Å². The Morgan fingerprint density at radius 3 is 2.77 bits per heavy atom. The number of hydrogen-bond acceptors (Lipinski definition) is 8. The number of hydrogen-bond donors (Lipinski definition) is 1. The van der Waals surface area contributed by atoms with Crippen LogP contribution in [0.25, 0.3) is 21.3 Å². The Hall–Kier alpha value is -4.51. The van der Waals surface area contributed by atoms with Gasteiger partial charge in [0.1, 0.15) is 6.54 Å². The Balaban J connectivity index is 1.36. The van der Waals surface area contributed by atoms with E-state index in [1.165, 1.54) is 22.1 Å². The molecule has 0 fully saturated rings. The van der Waals surface area contributed by atoms with Crippen LogP contribution in [0, 0.1) is 0 Å². The number of amides is 1. The van der Waals surface area contributed by atoms with E-state index < -0.39 is 17.2 Å². The minimum Gasteiger partial charge on any atom is -0.454 e. The van der Waals surface area contributed by atoms with E-state index in [0.717, 1.165) is 14.8 Å². The first-order chi connectivity index (χ1) is 17.1. The van der Waals surface area contributed by atoms with Gasteiger partial charge in [0, 0.05) is 6.20 Å². The lowest BCUT2D eigenvalue weighted by Crippen LogP contribution is -2.42. The highest BCUT2D eigenvalue weighted by molar-refractivity contribution is 7.22. The first-order valence-corrected chi connectivity index (χ1v) is 11.5. The average molecular weight is 487 g/mol. The fourth-order valence-corrected chi connectivity index (χ4v) is 4.87. The summed E-state index contributed by atoms with van der Waals surface area (Å²) < 4.78 is 14.0. The van der Waals surface area contributed by atoms with E-state index in [2.05, 4.69) is 15.3 Å². The maximum absolute atomic E-state index is 13.4. The number of anilines is 1. The summed E-state index contributed by atoms with van der Waals surface area (Å²) in [6.07, 6.45) is 1.48. The number of thiazole rings is 1. The highest BCUT2D eigenvalue weighted by Gasteiger charge is 2.19. The standard InChI is InChI=1S/C24H17N5O5S/c30-20(27-23-26-15-4-1-2-6-19(15)35-23)12-28-16-5-3-9-25-21(16)22(31)29(24(28)32)11-14-7-8-17-18(10-14)34-13-33-17/h1-10H,11-13H2,(H,26,27,30). The number of fused-ring (bicyclic) bond motifs is 3. The highest BCUT2D eigenvalue weighted by Crippen LogP contribution is 2.32. The molecule has 6 rings (SSSR count). The number of rotatable bonds is 5. The first kappa shape index (κ1) is 21.1. The minimum absolute atomic E-state index is 0.0136. The van der Waals surface area contributed by atoms with E-state index in [1.54, 1.807) is 30.3 Å². The molecule has 10 nitrogen and oxygen atoms in total. The van der Waals surface area contributed by atoms with Crippen LogP contribution in [0.3, 0.4) is 0 Å². The van der Waals surface area contributed by atoms with Gasteiger partial charge in [0.15, 0.2) is 22.1 Å². The molecular formula is C24H17N5O5S. The van der Waals surface area contributed by atoms with Crippen LogP contribution in [0.1, 0.15) is 5.56 Å². The summed E-state index contributed by atoms with van der Waals surface area (Å²) in [6, 6.07) is 16.0. The van der Waals surface area contributed by atoms with Gasteiger partial charge >= 0.3 is 5.69 Å². The third-order valence-corrected chi connectivity index (χ3v) is 6.56. The second-order valence-electron chi connectivity index (χ2n) is 7.85. The van der Waals surface area contributed by atoms with Crippen molar-refractivity contribution in [2.45, 2.75) is 13.1 Å². The SMILES string of the molecule is O=C(Cn1c(=O)n(Cc2ccc3c(c2)OCO3)c(=O)c2ncccc21)Nc1nc2ccccc2s1. The number of carbonyl (C=O) groups is 1. The van der Waals surface area contributed by atoms with Gasteiger partial charge in [-0.1, -0.05) is 29.5 Å². The second-order valence-corrected chi connectivity index (χ2v) is 8.88. The summed E-state index contributed by atoms with van der Waals surface area (Å²) in [7, 11) is 0. The predicted molar refractivity (Wildman–Crippen MR) is 130 cm³/mol. The Bertz CT molecular complexity index is 1710. The van der Waals surface area contributed by atoms with Crippen molar-refractivity contribution in [3.05, 3.63) is 87.2 Å². The summed E-state index contributed by atoms with van der Waals surface area (Å²) in [5, 5.41) is 3.19. The van der Waals surface area contributed by atoms with Crippen LogP contribution in [-0.2, 0) is 17.9 Å². The Morgan fingerprint density at radius 1 is 1.03 bits per heavy atom. The smallest absolute Gasteiger partial charge is 0.332 e. The van der Waals surface area contributed by atoms with E-state index >= 15 is 0 Å². The Labute approximate surface area is 201 Å². The zero-order valence-corrected chi connectivity index (χ0v) is 18.9. The van der Waals surface area contributed by atoms with Gasteiger partial charge in [-0.25, -0.2) is 14.8 Å². The van der Waals surface area contributed by atoms with E-state index in [9.17, 15) is 14.4 Å². The first-order valence-electron chi connectivity index (χ1n) is 10.7. The van der Waals surface area contributed by atoms with Gasteiger partial charge in [0.05, 0.1) is 22.3 Å². The van der Waals surface area contributed by atoms with Crippen LogP contribution in [0.2, 0.25) is 0 Å². The van der Waals surface area contributed by atoms with Gasteiger partial charge in [0.25, 0.3) is 5.56 Å². The van der Waals surface area contributed by atoms with Crippen LogP contribution < -0.4 is 26.0 Å². The average Bonchev–Trinajstić information content (AvgIpc) is 3.50. The Morgan fingerprint density at radius 2 is 1.89 bits per heavy atom. The monoisotopic (exact) mass is 487 g/mol. The minimum atomic E-state index is -0.618. The molecule has 0 spiro atoms.